The SMILES string of the molecule is CCNc1nc(NCC2CCC(O)C2)c2cn[nH]c2n1. The molecule has 0 aliphatic heterocycles. The molecule has 0 amide bonds. The van der Waals surface area contributed by atoms with Crippen LogP contribution < -0.4 is 10.6 Å². The van der Waals surface area contributed by atoms with E-state index in [1.807, 2.05) is 6.92 Å². The molecule has 0 spiro atoms. The summed E-state index contributed by atoms with van der Waals surface area (Å²) in [7, 11) is 0. The van der Waals surface area contributed by atoms with Gasteiger partial charge in [-0.15, -0.1) is 0 Å². The second-order valence-corrected chi connectivity index (χ2v) is 5.27. The van der Waals surface area contributed by atoms with Gasteiger partial charge in [0.1, 0.15) is 5.82 Å². The molecule has 0 aromatic carbocycles. The van der Waals surface area contributed by atoms with Gasteiger partial charge in [0, 0.05) is 13.1 Å². The summed E-state index contributed by atoms with van der Waals surface area (Å²) in [6, 6.07) is 0. The lowest BCUT2D eigenvalue weighted by Crippen LogP contribution is -2.14. The van der Waals surface area contributed by atoms with Crippen molar-refractivity contribution in [3.05, 3.63) is 6.20 Å². The summed E-state index contributed by atoms with van der Waals surface area (Å²) in [5.74, 6) is 1.89. The summed E-state index contributed by atoms with van der Waals surface area (Å²) in [5.41, 5.74) is 0.727. The average Bonchev–Trinajstić information content (AvgIpc) is 3.05. The van der Waals surface area contributed by atoms with Gasteiger partial charge in [-0.1, -0.05) is 0 Å². The van der Waals surface area contributed by atoms with Gasteiger partial charge in [-0.3, -0.25) is 5.10 Å². The highest BCUT2D eigenvalue weighted by Gasteiger charge is 2.22. The number of nitrogens with zero attached hydrogens (tertiary/aromatic N) is 3. The van der Waals surface area contributed by atoms with E-state index in [0.717, 1.165) is 49.2 Å². The second kappa shape index (κ2) is 5.62. The maximum absolute atomic E-state index is 9.57. The normalized spacial score (nSPS) is 22.3. The molecule has 2 unspecified atom stereocenters. The van der Waals surface area contributed by atoms with Crippen molar-refractivity contribution in [3.8, 4) is 0 Å². The van der Waals surface area contributed by atoms with Crippen LogP contribution in [0.5, 0.6) is 0 Å². The maximum Gasteiger partial charge on any atom is 0.226 e. The van der Waals surface area contributed by atoms with E-state index >= 15 is 0 Å². The predicted octanol–water partition coefficient (Wildman–Crippen LogP) is 1.36. The minimum atomic E-state index is -0.140. The van der Waals surface area contributed by atoms with Crippen molar-refractivity contribution in [2.75, 3.05) is 23.7 Å². The van der Waals surface area contributed by atoms with E-state index in [9.17, 15) is 5.11 Å². The smallest absolute Gasteiger partial charge is 0.226 e. The Hall–Kier alpha value is -1.89. The molecule has 2 aromatic heterocycles. The molecular weight excluding hydrogens is 256 g/mol. The molecule has 108 valence electrons. The molecule has 0 radical (unpaired) electrons. The standard InChI is InChI=1S/C13H20N6O/c1-2-14-13-17-11(10-7-16-19-12(10)18-13)15-6-8-3-4-9(20)5-8/h7-9,20H,2-6H2,1H3,(H3,14,15,16,17,18,19). The fourth-order valence-corrected chi connectivity index (χ4v) is 2.68. The van der Waals surface area contributed by atoms with Gasteiger partial charge in [0.25, 0.3) is 0 Å². The Kier molecular flexibility index (Phi) is 3.68. The quantitative estimate of drug-likeness (QED) is 0.658. The third-order valence-electron chi connectivity index (χ3n) is 3.72. The largest absolute Gasteiger partial charge is 0.393 e. The van der Waals surface area contributed by atoms with Crippen LogP contribution in [0, 0.1) is 5.92 Å². The summed E-state index contributed by atoms with van der Waals surface area (Å²) in [5, 5.41) is 23.8. The van der Waals surface area contributed by atoms with Gasteiger partial charge < -0.3 is 15.7 Å². The van der Waals surface area contributed by atoms with Crippen LogP contribution in [-0.2, 0) is 0 Å². The van der Waals surface area contributed by atoms with Gasteiger partial charge in [-0.2, -0.15) is 15.1 Å². The zero-order valence-electron chi connectivity index (χ0n) is 11.6. The monoisotopic (exact) mass is 276 g/mol. The molecule has 2 aromatic rings. The van der Waals surface area contributed by atoms with Gasteiger partial charge in [0.15, 0.2) is 5.65 Å². The Balaban J connectivity index is 1.76. The zero-order chi connectivity index (χ0) is 13.9. The van der Waals surface area contributed by atoms with Gasteiger partial charge >= 0.3 is 0 Å². The second-order valence-electron chi connectivity index (χ2n) is 5.27. The minimum Gasteiger partial charge on any atom is -0.393 e. The number of hydrogen-bond donors (Lipinski definition) is 4. The maximum atomic E-state index is 9.57. The van der Waals surface area contributed by atoms with Crippen LogP contribution in [0.15, 0.2) is 6.20 Å². The fourth-order valence-electron chi connectivity index (χ4n) is 2.68. The number of fused-ring (bicyclic) bond motifs is 1. The highest BCUT2D eigenvalue weighted by Crippen LogP contribution is 2.27. The molecule has 0 bridgehead atoms. The van der Waals surface area contributed by atoms with E-state index < -0.39 is 0 Å². The zero-order valence-corrected chi connectivity index (χ0v) is 11.6. The van der Waals surface area contributed by atoms with Crippen LogP contribution in [0.3, 0.4) is 0 Å². The van der Waals surface area contributed by atoms with Crippen molar-refractivity contribution >= 4 is 22.8 Å². The van der Waals surface area contributed by atoms with E-state index in [4.69, 9.17) is 0 Å². The molecular formula is C13H20N6O. The lowest BCUT2D eigenvalue weighted by molar-refractivity contribution is 0.178. The van der Waals surface area contributed by atoms with Crippen LogP contribution in [-0.4, -0.2) is 44.5 Å². The van der Waals surface area contributed by atoms with Crippen molar-refractivity contribution in [2.24, 2.45) is 5.92 Å². The lowest BCUT2D eigenvalue weighted by atomic mass is 10.1. The Labute approximate surface area is 117 Å². The summed E-state index contributed by atoms with van der Waals surface area (Å²) in [6.45, 7) is 3.60. The van der Waals surface area contributed by atoms with Crippen LogP contribution in [0.2, 0.25) is 0 Å². The van der Waals surface area contributed by atoms with E-state index in [1.165, 1.54) is 0 Å². The Morgan fingerprint density at radius 1 is 1.35 bits per heavy atom. The minimum absolute atomic E-state index is 0.140. The third kappa shape index (κ3) is 2.67. The van der Waals surface area contributed by atoms with Crippen LogP contribution in [0.1, 0.15) is 26.2 Å². The molecule has 7 nitrogen and oxygen atoms in total. The highest BCUT2D eigenvalue weighted by molar-refractivity contribution is 5.86. The number of nitrogens with one attached hydrogen (secondary N) is 3. The van der Waals surface area contributed by atoms with Crippen LogP contribution in [0.25, 0.3) is 11.0 Å². The summed E-state index contributed by atoms with van der Waals surface area (Å²) in [6.07, 6.45) is 4.43. The molecule has 2 heterocycles. The number of aromatic amines is 1. The molecule has 4 N–H and O–H groups in total. The first-order chi connectivity index (χ1) is 9.76. The van der Waals surface area contributed by atoms with Crippen molar-refractivity contribution in [1.29, 1.82) is 0 Å². The molecule has 3 rings (SSSR count). The fraction of sp³-hybridized carbons (Fsp3) is 0.615. The number of aromatic nitrogens is 4. The van der Waals surface area contributed by atoms with Crippen molar-refractivity contribution in [3.63, 3.8) is 0 Å². The van der Waals surface area contributed by atoms with E-state index in [1.54, 1.807) is 6.20 Å². The Morgan fingerprint density at radius 2 is 2.25 bits per heavy atom. The molecule has 7 heteroatoms. The number of anilines is 2. The average molecular weight is 276 g/mol. The molecule has 2 atom stereocenters. The Bertz CT molecular complexity index is 583. The molecule has 1 aliphatic carbocycles. The Morgan fingerprint density at radius 3 is 3.00 bits per heavy atom. The first kappa shape index (κ1) is 13.1. The number of aliphatic hydroxyl groups is 1. The predicted molar refractivity (Wildman–Crippen MR) is 77.7 cm³/mol. The van der Waals surface area contributed by atoms with E-state index in [2.05, 4.69) is 30.8 Å². The van der Waals surface area contributed by atoms with Crippen molar-refractivity contribution in [1.82, 2.24) is 20.2 Å². The van der Waals surface area contributed by atoms with Crippen LogP contribution in [0.4, 0.5) is 11.8 Å². The van der Waals surface area contributed by atoms with Gasteiger partial charge in [-0.25, -0.2) is 0 Å². The molecule has 1 fully saturated rings. The summed E-state index contributed by atoms with van der Waals surface area (Å²) in [4.78, 5) is 8.84. The summed E-state index contributed by atoms with van der Waals surface area (Å²) < 4.78 is 0. The van der Waals surface area contributed by atoms with Crippen LogP contribution >= 0.6 is 0 Å². The topological polar surface area (TPSA) is 98.8 Å². The molecule has 20 heavy (non-hydrogen) atoms. The number of aliphatic hydroxyl groups excluding tert-OH is 1. The summed E-state index contributed by atoms with van der Waals surface area (Å²) >= 11 is 0. The molecule has 1 aliphatic rings. The first-order valence-electron chi connectivity index (χ1n) is 7.13. The lowest BCUT2D eigenvalue weighted by Gasteiger charge is -2.12. The molecule has 0 saturated heterocycles. The van der Waals surface area contributed by atoms with E-state index in [0.29, 0.717) is 11.9 Å². The van der Waals surface area contributed by atoms with Gasteiger partial charge in [0.2, 0.25) is 5.95 Å². The van der Waals surface area contributed by atoms with E-state index in [-0.39, 0.29) is 6.10 Å². The first-order valence-corrected chi connectivity index (χ1v) is 7.13. The number of rotatable bonds is 5. The van der Waals surface area contributed by atoms with Gasteiger partial charge in [-0.05, 0) is 32.1 Å². The molecule has 1 saturated carbocycles. The number of hydrogen-bond acceptors (Lipinski definition) is 6. The van der Waals surface area contributed by atoms with Crippen molar-refractivity contribution in [2.45, 2.75) is 32.3 Å². The van der Waals surface area contributed by atoms with Crippen molar-refractivity contribution < 1.29 is 5.11 Å². The third-order valence-corrected chi connectivity index (χ3v) is 3.72. The highest BCUT2D eigenvalue weighted by atomic mass is 16.3. The number of H-pyrrole nitrogens is 1. The van der Waals surface area contributed by atoms with Gasteiger partial charge in [0.05, 0.1) is 17.7 Å².